The molecule has 0 bridgehead atoms. The van der Waals surface area contributed by atoms with Gasteiger partial charge in [0.05, 0.1) is 21.3 Å². The van der Waals surface area contributed by atoms with Crippen LogP contribution in [0.15, 0.2) is 42.5 Å². The van der Waals surface area contributed by atoms with Crippen molar-refractivity contribution in [2.45, 2.75) is 0 Å². The molecular formula is C16H16O4. The molecule has 0 fully saturated rings. The zero-order valence-corrected chi connectivity index (χ0v) is 11.7. The van der Waals surface area contributed by atoms with Gasteiger partial charge in [-0.2, -0.15) is 0 Å². The number of rotatable bonds is 4. The Morgan fingerprint density at radius 3 is 2.15 bits per heavy atom. The van der Waals surface area contributed by atoms with Crippen molar-refractivity contribution >= 4 is 5.97 Å². The number of carbonyl (C=O) groups is 1. The third-order valence-electron chi connectivity index (χ3n) is 3.02. The van der Waals surface area contributed by atoms with Gasteiger partial charge in [0, 0.05) is 5.56 Å². The number of ether oxygens (including phenoxy) is 3. The van der Waals surface area contributed by atoms with E-state index in [4.69, 9.17) is 14.2 Å². The van der Waals surface area contributed by atoms with Crippen molar-refractivity contribution < 1.29 is 19.0 Å². The number of benzene rings is 2. The molecule has 0 unspecified atom stereocenters. The van der Waals surface area contributed by atoms with E-state index in [-0.39, 0.29) is 0 Å². The molecule has 0 amide bonds. The van der Waals surface area contributed by atoms with Gasteiger partial charge in [0.1, 0.15) is 17.1 Å². The maximum absolute atomic E-state index is 12.0. The SMILES string of the molecule is COC(=O)c1c(OC)ccc(-c2ccccc2)c1OC. The first-order valence-corrected chi connectivity index (χ1v) is 6.11. The van der Waals surface area contributed by atoms with Crippen molar-refractivity contribution in [2.75, 3.05) is 21.3 Å². The monoisotopic (exact) mass is 272 g/mol. The predicted octanol–water partition coefficient (Wildman–Crippen LogP) is 3.16. The molecule has 4 nitrogen and oxygen atoms in total. The summed E-state index contributed by atoms with van der Waals surface area (Å²) < 4.78 is 15.4. The van der Waals surface area contributed by atoms with E-state index >= 15 is 0 Å². The number of hydrogen-bond acceptors (Lipinski definition) is 4. The molecule has 0 spiro atoms. The van der Waals surface area contributed by atoms with Crippen LogP contribution >= 0.6 is 0 Å². The molecule has 2 rings (SSSR count). The first kappa shape index (κ1) is 13.9. The van der Waals surface area contributed by atoms with Crippen LogP contribution in [-0.2, 0) is 4.74 Å². The molecule has 4 heteroatoms. The van der Waals surface area contributed by atoms with Crippen LogP contribution in [0.2, 0.25) is 0 Å². The van der Waals surface area contributed by atoms with E-state index in [1.54, 1.807) is 6.07 Å². The van der Waals surface area contributed by atoms with E-state index in [1.807, 2.05) is 36.4 Å². The number of esters is 1. The molecule has 0 atom stereocenters. The summed E-state index contributed by atoms with van der Waals surface area (Å²) in [4.78, 5) is 12.0. The summed E-state index contributed by atoms with van der Waals surface area (Å²) >= 11 is 0. The largest absolute Gasteiger partial charge is 0.496 e. The van der Waals surface area contributed by atoms with E-state index in [0.717, 1.165) is 11.1 Å². The predicted molar refractivity (Wildman–Crippen MR) is 76.3 cm³/mol. The summed E-state index contributed by atoms with van der Waals surface area (Å²) in [6.45, 7) is 0. The third kappa shape index (κ3) is 2.45. The molecule has 0 N–H and O–H groups in total. The number of carbonyl (C=O) groups excluding carboxylic acids is 1. The standard InChI is InChI=1S/C16H16O4/c1-18-13-10-9-12(11-7-5-4-6-8-11)15(19-2)14(13)16(17)20-3/h4-10H,1-3H3. The molecule has 2 aromatic carbocycles. The fraction of sp³-hybridized carbons (Fsp3) is 0.188. The Labute approximate surface area is 117 Å². The lowest BCUT2D eigenvalue weighted by molar-refractivity contribution is 0.0593. The summed E-state index contributed by atoms with van der Waals surface area (Å²) in [5.41, 5.74) is 2.06. The zero-order chi connectivity index (χ0) is 14.5. The molecule has 0 radical (unpaired) electrons. The van der Waals surface area contributed by atoms with Crippen LogP contribution in [0.5, 0.6) is 11.5 Å². The Morgan fingerprint density at radius 2 is 1.60 bits per heavy atom. The van der Waals surface area contributed by atoms with Gasteiger partial charge in [0.15, 0.2) is 0 Å². The average Bonchev–Trinajstić information content (AvgIpc) is 2.53. The smallest absolute Gasteiger partial charge is 0.345 e. The van der Waals surface area contributed by atoms with Crippen LogP contribution < -0.4 is 9.47 Å². The Morgan fingerprint density at radius 1 is 0.900 bits per heavy atom. The van der Waals surface area contributed by atoms with Crippen molar-refractivity contribution in [1.82, 2.24) is 0 Å². The highest BCUT2D eigenvalue weighted by molar-refractivity contribution is 5.98. The topological polar surface area (TPSA) is 44.8 Å². The molecule has 0 heterocycles. The molecule has 0 aromatic heterocycles. The first-order valence-electron chi connectivity index (χ1n) is 6.11. The zero-order valence-electron chi connectivity index (χ0n) is 11.7. The molecule has 0 aliphatic carbocycles. The molecule has 104 valence electrons. The van der Waals surface area contributed by atoms with Crippen molar-refractivity contribution in [3.63, 3.8) is 0 Å². The van der Waals surface area contributed by atoms with E-state index in [0.29, 0.717) is 17.1 Å². The van der Waals surface area contributed by atoms with Gasteiger partial charge in [0.2, 0.25) is 0 Å². The van der Waals surface area contributed by atoms with E-state index in [2.05, 4.69) is 0 Å². The third-order valence-corrected chi connectivity index (χ3v) is 3.02. The van der Waals surface area contributed by atoms with Gasteiger partial charge >= 0.3 is 5.97 Å². The second-order valence-electron chi connectivity index (χ2n) is 4.08. The van der Waals surface area contributed by atoms with Crippen molar-refractivity contribution in [3.05, 3.63) is 48.0 Å². The Hall–Kier alpha value is -2.49. The average molecular weight is 272 g/mol. The second kappa shape index (κ2) is 6.10. The minimum Gasteiger partial charge on any atom is -0.496 e. The first-order chi connectivity index (χ1) is 9.72. The molecule has 0 aliphatic rings. The van der Waals surface area contributed by atoms with Crippen LogP contribution in [0.1, 0.15) is 10.4 Å². The quantitative estimate of drug-likeness (QED) is 0.802. The molecule has 2 aromatic rings. The van der Waals surface area contributed by atoms with Crippen molar-refractivity contribution in [2.24, 2.45) is 0 Å². The molecule has 0 aliphatic heterocycles. The lowest BCUT2D eigenvalue weighted by Gasteiger charge is -2.15. The number of methoxy groups -OCH3 is 3. The van der Waals surface area contributed by atoms with E-state index in [9.17, 15) is 4.79 Å². The van der Waals surface area contributed by atoms with E-state index < -0.39 is 5.97 Å². The molecule has 0 saturated carbocycles. The second-order valence-corrected chi connectivity index (χ2v) is 4.08. The molecule has 0 saturated heterocycles. The maximum Gasteiger partial charge on any atom is 0.345 e. The van der Waals surface area contributed by atoms with Gasteiger partial charge in [-0.05, 0) is 17.7 Å². The normalized spacial score (nSPS) is 9.95. The van der Waals surface area contributed by atoms with Gasteiger partial charge in [-0.25, -0.2) is 4.79 Å². The lowest BCUT2D eigenvalue weighted by Crippen LogP contribution is -2.07. The van der Waals surface area contributed by atoms with Crippen LogP contribution in [0.25, 0.3) is 11.1 Å². The fourth-order valence-electron chi connectivity index (χ4n) is 2.09. The molecular weight excluding hydrogens is 256 g/mol. The highest BCUT2D eigenvalue weighted by Crippen LogP contribution is 2.38. The van der Waals surface area contributed by atoms with Gasteiger partial charge in [-0.15, -0.1) is 0 Å². The highest BCUT2D eigenvalue weighted by atomic mass is 16.5. The summed E-state index contributed by atoms with van der Waals surface area (Å²) in [6, 6.07) is 13.3. The Kier molecular flexibility index (Phi) is 4.25. The number of hydrogen-bond donors (Lipinski definition) is 0. The maximum atomic E-state index is 12.0. The summed E-state index contributed by atoms with van der Waals surface area (Å²) in [7, 11) is 4.35. The summed E-state index contributed by atoms with van der Waals surface area (Å²) in [5.74, 6) is 0.382. The molecule has 20 heavy (non-hydrogen) atoms. The van der Waals surface area contributed by atoms with Gasteiger partial charge in [0.25, 0.3) is 0 Å². The minimum atomic E-state index is -0.489. The van der Waals surface area contributed by atoms with Crippen LogP contribution in [0.3, 0.4) is 0 Å². The van der Waals surface area contributed by atoms with Crippen LogP contribution in [0, 0.1) is 0 Å². The summed E-state index contributed by atoms with van der Waals surface area (Å²) in [5, 5.41) is 0. The van der Waals surface area contributed by atoms with Crippen molar-refractivity contribution in [1.29, 1.82) is 0 Å². The van der Waals surface area contributed by atoms with Gasteiger partial charge in [-0.3, -0.25) is 0 Å². The van der Waals surface area contributed by atoms with E-state index in [1.165, 1.54) is 21.3 Å². The van der Waals surface area contributed by atoms with Gasteiger partial charge < -0.3 is 14.2 Å². The Balaban J connectivity index is 2.69. The lowest BCUT2D eigenvalue weighted by atomic mass is 10.0. The summed E-state index contributed by atoms with van der Waals surface area (Å²) in [6.07, 6.45) is 0. The van der Waals surface area contributed by atoms with Crippen molar-refractivity contribution in [3.8, 4) is 22.6 Å². The van der Waals surface area contributed by atoms with Gasteiger partial charge in [-0.1, -0.05) is 30.3 Å². The highest BCUT2D eigenvalue weighted by Gasteiger charge is 2.22. The van der Waals surface area contributed by atoms with Crippen LogP contribution in [0.4, 0.5) is 0 Å². The minimum absolute atomic E-state index is 0.291. The van der Waals surface area contributed by atoms with Crippen LogP contribution in [-0.4, -0.2) is 27.3 Å². The Bertz CT molecular complexity index is 605. The fourth-order valence-corrected chi connectivity index (χ4v) is 2.09.